The van der Waals surface area contributed by atoms with Crippen LogP contribution in [0.4, 0.5) is 0 Å². The average Bonchev–Trinajstić information content (AvgIpc) is 1.65. The first-order valence-corrected chi connectivity index (χ1v) is 2.90. The van der Waals surface area contributed by atoms with Crippen molar-refractivity contribution in [1.29, 1.82) is 0 Å². The Bertz CT molecular complexity index is 144. The van der Waals surface area contributed by atoms with Crippen molar-refractivity contribution in [2.75, 3.05) is 0 Å². The maximum atomic E-state index is 10.5. The molecule has 0 aliphatic carbocycles. The molecule has 0 aromatic carbocycles. The number of hydrogen-bond donors (Lipinski definition) is 1. The lowest BCUT2D eigenvalue weighted by Gasteiger charge is -2.26. The fourth-order valence-electron chi connectivity index (χ4n) is 0.316. The number of allylic oxidation sites excluding steroid dienone is 1. The molecule has 1 aliphatic rings. The minimum atomic E-state index is -1.17. The molecule has 0 aromatic heterocycles. The van der Waals surface area contributed by atoms with Crippen LogP contribution in [-0.2, 0) is 4.84 Å². The molecule has 0 saturated carbocycles. The SMILES string of the molecule is N[N+]1([O-])OC=CC=P1.O. The van der Waals surface area contributed by atoms with E-state index in [1.807, 2.05) is 0 Å². The third-order valence-electron chi connectivity index (χ3n) is 0.604. The van der Waals surface area contributed by atoms with E-state index in [-0.39, 0.29) is 5.48 Å². The van der Waals surface area contributed by atoms with Crippen LogP contribution in [-0.4, -0.2) is 16.0 Å². The van der Waals surface area contributed by atoms with E-state index in [2.05, 4.69) is 4.84 Å². The van der Waals surface area contributed by atoms with Crippen LogP contribution in [0.15, 0.2) is 12.3 Å². The Morgan fingerprint density at radius 2 is 2.33 bits per heavy atom. The summed E-state index contributed by atoms with van der Waals surface area (Å²) in [4.78, 5) is 4.40. The number of nitrogens with zero attached hydrogens (tertiary/aromatic N) is 1. The minimum absolute atomic E-state index is 0. The number of hydrogen-bond acceptors (Lipinski definition) is 3. The van der Waals surface area contributed by atoms with Gasteiger partial charge in [-0.2, -0.15) is 0 Å². The molecule has 1 unspecified atom stereocenters. The maximum absolute atomic E-state index is 10.5. The largest absolute Gasteiger partial charge is 0.562 e. The second kappa shape index (κ2) is 2.91. The third kappa shape index (κ3) is 2.55. The summed E-state index contributed by atoms with van der Waals surface area (Å²) in [6.45, 7) is 0. The zero-order chi connectivity index (χ0) is 6.04. The van der Waals surface area contributed by atoms with E-state index in [0.717, 1.165) is 0 Å². The summed E-state index contributed by atoms with van der Waals surface area (Å²) >= 11 is 0. The molecule has 0 saturated heterocycles. The van der Waals surface area contributed by atoms with Crippen LogP contribution >= 0.6 is 8.35 Å². The first-order chi connectivity index (χ1) is 3.71. The summed E-state index contributed by atoms with van der Waals surface area (Å²) < 4.78 is -1.17. The second-order valence-electron chi connectivity index (χ2n) is 1.26. The zero-order valence-electron chi connectivity index (χ0n) is 4.52. The smallest absolute Gasteiger partial charge is 0.227 e. The Balaban J connectivity index is 0.000000640. The molecule has 9 heavy (non-hydrogen) atoms. The zero-order valence-corrected chi connectivity index (χ0v) is 5.41. The van der Waals surface area contributed by atoms with E-state index in [0.29, 0.717) is 8.35 Å². The number of rotatable bonds is 0. The predicted octanol–water partition coefficient (Wildman–Crippen LogP) is -0.528. The van der Waals surface area contributed by atoms with Gasteiger partial charge in [-0.05, 0) is 10.8 Å². The molecule has 6 heteroatoms. The topological polar surface area (TPSA) is 89.8 Å². The minimum Gasteiger partial charge on any atom is -0.562 e. The van der Waals surface area contributed by atoms with E-state index >= 15 is 0 Å². The van der Waals surface area contributed by atoms with Crippen LogP contribution in [0.25, 0.3) is 0 Å². The van der Waals surface area contributed by atoms with Crippen molar-refractivity contribution < 1.29 is 15.0 Å². The molecular weight excluding hydrogens is 143 g/mol. The molecule has 1 rings (SSSR count). The van der Waals surface area contributed by atoms with Crippen LogP contribution in [0.1, 0.15) is 0 Å². The van der Waals surface area contributed by atoms with E-state index in [4.69, 9.17) is 5.84 Å². The Morgan fingerprint density at radius 1 is 1.67 bits per heavy atom. The summed E-state index contributed by atoms with van der Waals surface area (Å²) in [5.41, 5.74) is 0. The highest BCUT2D eigenvalue weighted by atomic mass is 31.1. The van der Waals surface area contributed by atoms with E-state index in [1.54, 1.807) is 11.9 Å². The number of quaternary nitrogens is 1. The van der Waals surface area contributed by atoms with Crippen LogP contribution < -0.4 is 5.84 Å². The highest BCUT2D eigenvalue weighted by Gasteiger charge is 2.09. The number of nitrogens with two attached hydrogens (primary N) is 1. The van der Waals surface area contributed by atoms with Gasteiger partial charge in [-0.1, -0.05) is 0 Å². The van der Waals surface area contributed by atoms with Gasteiger partial charge in [0.25, 0.3) is 0 Å². The monoisotopic (exact) mass is 150 g/mol. The molecule has 0 aromatic rings. The fourth-order valence-corrected chi connectivity index (χ4v) is 0.758. The molecule has 52 valence electrons. The molecule has 0 fully saturated rings. The quantitative estimate of drug-likeness (QED) is 0.286. The van der Waals surface area contributed by atoms with Crippen molar-refractivity contribution in [3.63, 3.8) is 0 Å². The van der Waals surface area contributed by atoms with Gasteiger partial charge >= 0.3 is 0 Å². The summed E-state index contributed by atoms with van der Waals surface area (Å²) in [5.74, 6) is 6.56. The highest BCUT2D eigenvalue weighted by molar-refractivity contribution is 7.32. The lowest BCUT2D eigenvalue weighted by atomic mass is 10.7. The van der Waals surface area contributed by atoms with Crippen molar-refractivity contribution in [3.05, 3.63) is 17.5 Å². The van der Waals surface area contributed by atoms with Gasteiger partial charge in [0, 0.05) is 5.80 Å². The van der Waals surface area contributed by atoms with E-state index < -0.39 is 4.69 Å². The molecular formula is C3H7N2O3P. The summed E-state index contributed by atoms with van der Waals surface area (Å²) in [6, 6.07) is 0. The first kappa shape index (κ1) is 8.55. The summed E-state index contributed by atoms with van der Waals surface area (Å²) in [5, 5.41) is 10.5. The van der Waals surface area contributed by atoms with Gasteiger partial charge in [0.05, 0.1) is 0 Å². The van der Waals surface area contributed by atoms with E-state index in [1.165, 1.54) is 6.26 Å². The van der Waals surface area contributed by atoms with E-state index in [9.17, 15) is 5.21 Å². The van der Waals surface area contributed by atoms with Gasteiger partial charge in [-0.3, -0.25) is 4.84 Å². The average molecular weight is 150 g/mol. The van der Waals surface area contributed by atoms with Crippen molar-refractivity contribution in [2.24, 2.45) is 5.84 Å². The second-order valence-corrected chi connectivity index (χ2v) is 2.35. The fraction of sp³-hybridized carbons (Fsp3) is 0. The van der Waals surface area contributed by atoms with Gasteiger partial charge < -0.3 is 10.7 Å². The van der Waals surface area contributed by atoms with Crippen LogP contribution in [0.3, 0.4) is 0 Å². The van der Waals surface area contributed by atoms with Gasteiger partial charge in [0.1, 0.15) is 0 Å². The van der Waals surface area contributed by atoms with Gasteiger partial charge in [-0.15, -0.1) is 5.84 Å². The molecule has 4 N–H and O–H groups in total. The predicted molar refractivity (Wildman–Crippen MR) is 34.6 cm³/mol. The first-order valence-electron chi connectivity index (χ1n) is 1.98. The van der Waals surface area contributed by atoms with Crippen molar-refractivity contribution in [1.82, 2.24) is 0 Å². The summed E-state index contributed by atoms with van der Waals surface area (Å²) in [6.07, 6.45) is 2.90. The van der Waals surface area contributed by atoms with Crippen molar-refractivity contribution in [2.45, 2.75) is 0 Å². The lowest BCUT2D eigenvalue weighted by Crippen LogP contribution is -2.38. The Hall–Kier alpha value is -0.450. The van der Waals surface area contributed by atoms with Crippen molar-refractivity contribution in [3.8, 4) is 0 Å². The summed E-state index contributed by atoms with van der Waals surface area (Å²) in [7, 11) is 0.400. The van der Waals surface area contributed by atoms with Crippen molar-refractivity contribution >= 4 is 14.2 Å². The highest BCUT2D eigenvalue weighted by Crippen LogP contribution is 2.15. The Kier molecular flexibility index (Phi) is 2.76. The maximum Gasteiger partial charge on any atom is 0.227 e. The lowest BCUT2D eigenvalue weighted by molar-refractivity contribution is -0.960. The Morgan fingerprint density at radius 3 is 2.56 bits per heavy atom. The van der Waals surface area contributed by atoms with Crippen LogP contribution in [0, 0.1) is 5.21 Å². The Labute approximate surface area is 53.6 Å². The molecule has 5 nitrogen and oxygen atoms in total. The molecule has 0 radical (unpaired) electrons. The molecule has 1 atom stereocenters. The van der Waals surface area contributed by atoms with Crippen LogP contribution in [0.2, 0.25) is 0 Å². The molecule has 0 amide bonds. The standard InChI is InChI=1S/C3H5N2O2P.H2O/c4-5(6)7-2-1-3-8-5;/h1-3H,4H2;1H2. The molecule has 1 heterocycles. The van der Waals surface area contributed by atoms with Gasteiger partial charge in [-0.25, -0.2) is 0 Å². The molecule has 0 spiro atoms. The normalized spacial score (nSPS) is 32.7. The molecule has 1 aliphatic heterocycles. The third-order valence-corrected chi connectivity index (χ3v) is 1.33. The molecule has 0 bridgehead atoms. The van der Waals surface area contributed by atoms with Crippen LogP contribution in [0.5, 0.6) is 0 Å². The van der Waals surface area contributed by atoms with Gasteiger partial charge in [0.15, 0.2) is 6.26 Å². The van der Waals surface area contributed by atoms with Gasteiger partial charge in [0.2, 0.25) is 8.35 Å².